The highest BCUT2D eigenvalue weighted by Crippen LogP contribution is 2.34. The molecule has 0 aliphatic carbocycles. The molecule has 1 rings (SSSR count). The topological polar surface area (TPSA) is 55.8 Å². The zero-order valence-electron chi connectivity index (χ0n) is 10.0. The number of benzene rings is 1. The van der Waals surface area contributed by atoms with Gasteiger partial charge in [0.05, 0.1) is 20.6 Å². The van der Waals surface area contributed by atoms with Crippen LogP contribution in [0.3, 0.4) is 0 Å². The van der Waals surface area contributed by atoms with E-state index in [0.717, 1.165) is 11.1 Å². The number of allylic oxidation sites excluding steroid dienone is 1. The number of hydrogen-bond donors (Lipinski definition) is 1. The summed E-state index contributed by atoms with van der Waals surface area (Å²) in [6.45, 7) is 3.66. The summed E-state index contributed by atoms with van der Waals surface area (Å²) in [5.74, 6) is 0.298. The Labute approximate surface area is 100 Å². The number of carboxylic acid groups (broad SMARTS) is 1. The number of hydrogen-bond acceptors (Lipinski definition) is 3. The summed E-state index contributed by atoms with van der Waals surface area (Å²) < 4.78 is 10.5. The molecular formula is C13H16O4. The van der Waals surface area contributed by atoms with Crippen molar-refractivity contribution in [2.45, 2.75) is 12.8 Å². The van der Waals surface area contributed by atoms with Crippen molar-refractivity contribution in [2.24, 2.45) is 0 Å². The van der Waals surface area contributed by atoms with Crippen molar-refractivity contribution < 1.29 is 19.4 Å². The van der Waals surface area contributed by atoms with Crippen LogP contribution in [0.1, 0.15) is 11.1 Å². The van der Waals surface area contributed by atoms with E-state index < -0.39 is 5.97 Å². The van der Waals surface area contributed by atoms with Gasteiger partial charge < -0.3 is 14.6 Å². The molecule has 0 bridgehead atoms. The quantitative estimate of drug-likeness (QED) is 0.768. The number of methoxy groups -OCH3 is 2. The molecule has 0 unspecified atom stereocenters. The summed E-state index contributed by atoms with van der Waals surface area (Å²) in [6.07, 6.45) is 2.22. The molecule has 0 heterocycles. The lowest BCUT2D eigenvalue weighted by Gasteiger charge is -2.15. The van der Waals surface area contributed by atoms with Crippen LogP contribution in [0.15, 0.2) is 24.8 Å². The third kappa shape index (κ3) is 3.00. The second kappa shape index (κ2) is 5.94. The molecule has 1 N–H and O–H groups in total. The van der Waals surface area contributed by atoms with Gasteiger partial charge in [-0.1, -0.05) is 12.1 Å². The van der Waals surface area contributed by atoms with Gasteiger partial charge in [0.15, 0.2) is 11.5 Å². The molecule has 0 saturated carbocycles. The smallest absolute Gasteiger partial charge is 0.307 e. The monoisotopic (exact) mass is 236 g/mol. The van der Waals surface area contributed by atoms with Crippen molar-refractivity contribution in [3.63, 3.8) is 0 Å². The molecule has 4 heteroatoms. The average Bonchev–Trinajstić information content (AvgIpc) is 2.30. The minimum atomic E-state index is -0.873. The van der Waals surface area contributed by atoms with Gasteiger partial charge in [0, 0.05) is 5.56 Å². The normalized spacial score (nSPS) is 9.76. The average molecular weight is 236 g/mol. The fraction of sp³-hybridized carbons (Fsp3) is 0.308. The van der Waals surface area contributed by atoms with Crippen molar-refractivity contribution >= 4 is 5.97 Å². The summed E-state index contributed by atoms with van der Waals surface area (Å²) >= 11 is 0. The summed E-state index contributed by atoms with van der Waals surface area (Å²) in [7, 11) is 3.08. The first-order valence-electron chi connectivity index (χ1n) is 5.19. The lowest BCUT2D eigenvalue weighted by molar-refractivity contribution is -0.136. The van der Waals surface area contributed by atoms with Crippen LogP contribution < -0.4 is 9.47 Å². The number of carboxylic acids is 1. The summed E-state index contributed by atoms with van der Waals surface area (Å²) in [5.41, 5.74) is 1.53. The minimum absolute atomic E-state index is 0.0382. The summed E-state index contributed by atoms with van der Waals surface area (Å²) in [6, 6.07) is 3.46. The molecule has 0 aromatic heterocycles. The van der Waals surface area contributed by atoms with E-state index in [1.54, 1.807) is 25.3 Å². The highest BCUT2D eigenvalue weighted by Gasteiger charge is 2.15. The maximum atomic E-state index is 10.8. The van der Waals surface area contributed by atoms with Crippen LogP contribution in [0.25, 0.3) is 0 Å². The van der Waals surface area contributed by atoms with Gasteiger partial charge in [-0.05, 0) is 18.1 Å². The molecule has 0 saturated heterocycles. The Hall–Kier alpha value is -1.97. The first-order valence-corrected chi connectivity index (χ1v) is 5.19. The van der Waals surface area contributed by atoms with E-state index in [4.69, 9.17) is 14.6 Å². The maximum Gasteiger partial charge on any atom is 0.307 e. The highest BCUT2D eigenvalue weighted by molar-refractivity contribution is 5.72. The van der Waals surface area contributed by atoms with Gasteiger partial charge in [0.1, 0.15) is 0 Å². The van der Waals surface area contributed by atoms with Crippen LogP contribution in [0.2, 0.25) is 0 Å². The van der Waals surface area contributed by atoms with Crippen molar-refractivity contribution in [2.75, 3.05) is 14.2 Å². The molecule has 92 valence electrons. The van der Waals surface area contributed by atoms with Crippen LogP contribution >= 0.6 is 0 Å². The van der Waals surface area contributed by atoms with E-state index in [1.807, 2.05) is 0 Å². The van der Waals surface area contributed by atoms with E-state index >= 15 is 0 Å². The molecular weight excluding hydrogens is 220 g/mol. The van der Waals surface area contributed by atoms with Crippen LogP contribution in [0.4, 0.5) is 0 Å². The SMILES string of the molecule is C=CCc1c(CC(=O)O)ccc(OC)c1OC. The minimum Gasteiger partial charge on any atom is -0.493 e. The largest absolute Gasteiger partial charge is 0.493 e. The van der Waals surface area contributed by atoms with Crippen LogP contribution in [0, 0.1) is 0 Å². The second-order valence-electron chi connectivity index (χ2n) is 3.50. The third-order valence-electron chi connectivity index (χ3n) is 2.44. The molecule has 17 heavy (non-hydrogen) atoms. The van der Waals surface area contributed by atoms with E-state index in [1.165, 1.54) is 7.11 Å². The van der Waals surface area contributed by atoms with Crippen molar-refractivity contribution in [3.05, 3.63) is 35.9 Å². The molecule has 1 aromatic carbocycles. The first-order chi connectivity index (χ1) is 8.13. The third-order valence-corrected chi connectivity index (χ3v) is 2.44. The number of carbonyl (C=O) groups is 1. The van der Waals surface area contributed by atoms with Gasteiger partial charge in [0.2, 0.25) is 0 Å². The van der Waals surface area contributed by atoms with Gasteiger partial charge in [-0.3, -0.25) is 4.79 Å². The fourth-order valence-electron chi connectivity index (χ4n) is 1.73. The zero-order valence-corrected chi connectivity index (χ0v) is 10.0. The molecule has 0 aliphatic heterocycles. The lowest BCUT2D eigenvalue weighted by atomic mass is 10.00. The van der Waals surface area contributed by atoms with Gasteiger partial charge in [0.25, 0.3) is 0 Å². The standard InChI is InChI=1S/C13H16O4/c1-4-5-10-9(8-12(14)15)6-7-11(16-2)13(10)17-3/h4,6-7H,1,5,8H2,2-3H3,(H,14,15). The maximum absolute atomic E-state index is 10.8. The van der Waals surface area contributed by atoms with E-state index in [9.17, 15) is 4.79 Å². The Morgan fingerprint density at radius 1 is 1.41 bits per heavy atom. The fourth-order valence-corrected chi connectivity index (χ4v) is 1.73. The predicted octanol–water partition coefficient (Wildman–Crippen LogP) is 2.06. The lowest BCUT2D eigenvalue weighted by Crippen LogP contribution is -2.06. The molecule has 1 aromatic rings. The van der Waals surface area contributed by atoms with Crippen LogP contribution in [-0.2, 0) is 17.6 Å². The van der Waals surface area contributed by atoms with Crippen molar-refractivity contribution in [1.82, 2.24) is 0 Å². The molecule has 0 atom stereocenters. The Morgan fingerprint density at radius 2 is 2.12 bits per heavy atom. The molecule has 4 nitrogen and oxygen atoms in total. The van der Waals surface area contributed by atoms with Gasteiger partial charge in [-0.2, -0.15) is 0 Å². The Bertz CT molecular complexity index is 424. The second-order valence-corrected chi connectivity index (χ2v) is 3.50. The molecule has 0 amide bonds. The molecule has 0 fully saturated rings. The van der Waals surface area contributed by atoms with Gasteiger partial charge in [-0.15, -0.1) is 6.58 Å². The number of aliphatic carboxylic acids is 1. The van der Waals surface area contributed by atoms with Crippen LogP contribution in [-0.4, -0.2) is 25.3 Å². The Morgan fingerprint density at radius 3 is 2.59 bits per heavy atom. The van der Waals surface area contributed by atoms with E-state index in [-0.39, 0.29) is 6.42 Å². The highest BCUT2D eigenvalue weighted by atomic mass is 16.5. The van der Waals surface area contributed by atoms with E-state index in [0.29, 0.717) is 17.9 Å². The Kier molecular flexibility index (Phi) is 4.57. The van der Waals surface area contributed by atoms with Gasteiger partial charge in [-0.25, -0.2) is 0 Å². The number of rotatable bonds is 6. The number of ether oxygens (including phenoxy) is 2. The van der Waals surface area contributed by atoms with Crippen molar-refractivity contribution in [3.8, 4) is 11.5 Å². The van der Waals surface area contributed by atoms with Crippen LogP contribution in [0.5, 0.6) is 11.5 Å². The predicted molar refractivity (Wildman–Crippen MR) is 64.8 cm³/mol. The summed E-state index contributed by atoms with van der Waals surface area (Å²) in [5, 5.41) is 8.85. The van der Waals surface area contributed by atoms with Gasteiger partial charge >= 0.3 is 5.97 Å². The molecule has 0 aliphatic rings. The van der Waals surface area contributed by atoms with Crippen molar-refractivity contribution in [1.29, 1.82) is 0 Å². The first kappa shape index (κ1) is 13.1. The molecule has 0 spiro atoms. The zero-order chi connectivity index (χ0) is 12.8. The molecule has 0 radical (unpaired) electrons. The summed E-state index contributed by atoms with van der Waals surface area (Å²) in [4.78, 5) is 10.8. The Balaban J connectivity index is 3.30. The van der Waals surface area contributed by atoms with E-state index in [2.05, 4.69) is 6.58 Å².